The molecular weight excluding hydrogens is 258 g/mol. The average molecular weight is 273 g/mol. The van der Waals surface area contributed by atoms with Crippen molar-refractivity contribution >= 4 is 22.6 Å². The lowest BCUT2D eigenvalue weighted by molar-refractivity contribution is 0.344. The van der Waals surface area contributed by atoms with Crippen molar-refractivity contribution in [2.45, 2.75) is 38.6 Å². The molecule has 0 saturated carbocycles. The van der Waals surface area contributed by atoms with Crippen LogP contribution in [0.15, 0.2) is 12.1 Å². The average Bonchev–Trinajstić information content (AvgIpc) is 2.68. The van der Waals surface area contributed by atoms with Crippen LogP contribution in [0.1, 0.15) is 33.0 Å². The zero-order valence-corrected chi connectivity index (χ0v) is 11.4. The van der Waals surface area contributed by atoms with Crippen LogP contribution in [0.25, 0.3) is 11.0 Å². The van der Waals surface area contributed by atoms with Crippen LogP contribution in [0.5, 0.6) is 0 Å². The SMILES string of the molecule is CCC(C)(C)n1c(CCl)nc2c(F)cc(F)cc21. The van der Waals surface area contributed by atoms with Gasteiger partial charge < -0.3 is 4.57 Å². The number of aromatic nitrogens is 2. The Morgan fingerprint density at radius 2 is 2.00 bits per heavy atom. The summed E-state index contributed by atoms with van der Waals surface area (Å²) in [6.45, 7) is 6.00. The Morgan fingerprint density at radius 1 is 1.33 bits per heavy atom. The van der Waals surface area contributed by atoms with Gasteiger partial charge in [-0.1, -0.05) is 6.92 Å². The van der Waals surface area contributed by atoms with E-state index in [0.29, 0.717) is 11.3 Å². The molecule has 0 unspecified atom stereocenters. The molecule has 1 heterocycles. The van der Waals surface area contributed by atoms with Gasteiger partial charge in [0.1, 0.15) is 17.2 Å². The lowest BCUT2D eigenvalue weighted by Gasteiger charge is -2.27. The molecule has 0 saturated heterocycles. The van der Waals surface area contributed by atoms with E-state index in [4.69, 9.17) is 11.6 Å². The van der Waals surface area contributed by atoms with Crippen LogP contribution in [0.4, 0.5) is 8.78 Å². The Hall–Kier alpha value is -1.16. The first kappa shape index (κ1) is 13.3. The highest BCUT2D eigenvalue weighted by molar-refractivity contribution is 6.16. The molecule has 0 amide bonds. The lowest BCUT2D eigenvalue weighted by Crippen LogP contribution is -2.26. The summed E-state index contributed by atoms with van der Waals surface area (Å²) < 4.78 is 28.9. The highest BCUT2D eigenvalue weighted by Gasteiger charge is 2.25. The molecule has 0 aliphatic carbocycles. The highest BCUT2D eigenvalue weighted by atomic mass is 35.5. The van der Waals surface area contributed by atoms with Crippen LogP contribution < -0.4 is 0 Å². The third-order valence-electron chi connectivity index (χ3n) is 3.34. The summed E-state index contributed by atoms with van der Waals surface area (Å²) in [6.07, 6.45) is 0.806. The second-order valence-electron chi connectivity index (χ2n) is 4.92. The molecule has 2 rings (SSSR count). The van der Waals surface area contributed by atoms with Crippen LogP contribution in [0.3, 0.4) is 0 Å². The van der Waals surface area contributed by atoms with Crippen molar-refractivity contribution in [1.82, 2.24) is 9.55 Å². The monoisotopic (exact) mass is 272 g/mol. The summed E-state index contributed by atoms with van der Waals surface area (Å²) in [7, 11) is 0. The van der Waals surface area contributed by atoms with Gasteiger partial charge in [0.15, 0.2) is 5.82 Å². The minimum absolute atomic E-state index is 0.166. The highest BCUT2D eigenvalue weighted by Crippen LogP contribution is 2.30. The molecule has 1 aromatic heterocycles. The maximum absolute atomic E-state index is 13.7. The third kappa shape index (κ3) is 1.99. The predicted octanol–water partition coefficient (Wildman–Crippen LogP) is 4.20. The molecular formula is C13H15ClF2N2. The third-order valence-corrected chi connectivity index (χ3v) is 3.58. The summed E-state index contributed by atoms with van der Waals surface area (Å²) >= 11 is 5.86. The maximum atomic E-state index is 13.7. The number of hydrogen-bond donors (Lipinski definition) is 0. The van der Waals surface area contributed by atoms with Crippen LogP contribution in [-0.4, -0.2) is 9.55 Å². The second kappa shape index (κ2) is 4.50. The van der Waals surface area contributed by atoms with E-state index in [1.54, 1.807) is 0 Å². The van der Waals surface area contributed by atoms with Crippen molar-refractivity contribution in [3.63, 3.8) is 0 Å². The number of halogens is 3. The number of nitrogens with zero attached hydrogens (tertiary/aromatic N) is 2. The van der Waals surface area contributed by atoms with E-state index >= 15 is 0 Å². The quantitative estimate of drug-likeness (QED) is 0.766. The first-order valence-electron chi connectivity index (χ1n) is 5.83. The zero-order valence-electron chi connectivity index (χ0n) is 10.6. The Bertz CT molecular complexity index is 590. The van der Waals surface area contributed by atoms with E-state index in [9.17, 15) is 8.78 Å². The van der Waals surface area contributed by atoms with Gasteiger partial charge in [-0.3, -0.25) is 0 Å². The largest absolute Gasteiger partial charge is 0.321 e. The number of alkyl halides is 1. The van der Waals surface area contributed by atoms with Gasteiger partial charge in [0.05, 0.1) is 11.4 Å². The van der Waals surface area contributed by atoms with E-state index in [1.165, 1.54) is 6.07 Å². The molecule has 5 heteroatoms. The summed E-state index contributed by atoms with van der Waals surface area (Å²) in [5, 5.41) is 0. The van der Waals surface area contributed by atoms with Crippen LogP contribution in [-0.2, 0) is 11.4 Å². The number of hydrogen-bond acceptors (Lipinski definition) is 1. The molecule has 0 radical (unpaired) electrons. The van der Waals surface area contributed by atoms with Gasteiger partial charge in [0, 0.05) is 11.6 Å². The molecule has 1 aromatic carbocycles. The Kier molecular flexibility index (Phi) is 3.32. The summed E-state index contributed by atoms with van der Waals surface area (Å²) in [5.41, 5.74) is 0.336. The lowest BCUT2D eigenvalue weighted by atomic mass is 10.0. The van der Waals surface area contributed by atoms with Crippen LogP contribution in [0.2, 0.25) is 0 Å². The number of imidazole rings is 1. The summed E-state index contributed by atoms with van der Waals surface area (Å²) in [6, 6.07) is 2.15. The van der Waals surface area contributed by atoms with Gasteiger partial charge in [-0.15, -0.1) is 11.6 Å². The molecule has 0 spiro atoms. The number of rotatable bonds is 3. The Balaban J connectivity index is 2.85. The van der Waals surface area contributed by atoms with E-state index < -0.39 is 11.6 Å². The van der Waals surface area contributed by atoms with Crippen molar-refractivity contribution in [2.75, 3.05) is 0 Å². The van der Waals surface area contributed by atoms with Crippen molar-refractivity contribution in [2.24, 2.45) is 0 Å². The fourth-order valence-electron chi connectivity index (χ4n) is 2.07. The molecule has 2 nitrogen and oxygen atoms in total. The van der Waals surface area contributed by atoms with E-state index in [1.807, 2.05) is 25.3 Å². The van der Waals surface area contributed by atoms with Crippen molar-refractivity contribution in [3.05, 3.63) is 29.6 Å². The van der Waals surface area contributed by atoms with Gasteiger partial charge in [0.25, 0.3) is 0 Å². The van der Waals surface area contributed by atoms with Crippen molar-refractivity contribution < 1.29 is 8.78 Å². The number of fused-ring (bicyclic) bond motifs is 1. The van der Waals surface area contributed by atoms with Gasteiger partial charge in [-0.25, -0.2) is 13.8 Å². The van der Waals surface area contributed by atoms with Gasteiger partial charge in [0.2, 0.25) is 0 Å². The fourth-order valence-corrected chi connectivity index (χ4v) is 2.25. The Morgan fingerprint density at radius 3 is 2.56 bits per heavy atom. The van der Waals surface area contributed by atoms with Crippen molar-refractivity contribution in [3.8, 4) is 0 Å². The molecule has 98 valence electrons. The maximum Gasteiger partial charge on any atom is 0.153 e. The van der Waals surface area contributed by atoms with Crippen molar-refractivity contribution in [1.29, 1.82) is 0 Å². The standard InChI is InChI=1S/C13H15ClF2N2/c1-4-13(2,3)18-10-6-8(15)5-9(16)12(10)17-11(18)7-14/h5-6H,4,7H2,1-3H3. The van der Waals surface area contributed by atoms with E-state index in [-0.39, 0.29) is 16.9 Å². The minimum Gasteiger partial charge on any atom is -0.321 e. The normalized spacial score (nSPS) is 12.3. The first-order chi connectivity index (χ1) is 8.40. The summed E-state index contributed by atoms with van der Waals surface area (Å²) in [4.78, 5) is 4.18. The molecule has 0 aliphatic heterocycles. The predicted molar refractivity (Wildman–Crippen MR) is 68.8 cm³/mol. The number of benzene rings is 1. The molecule has 18 heavy (non-hydrogen) atoms. The Labute approximate surface area is 110 Å². The molecule has 0 fully saturated rings. The zero-order chi connectivity index (χ0) is 13.5. The second-order valence-corrected chi connectivity index (χ2v) is 5.19. The van der Waals surface area contributed by atoms with Crippen LogP contribution in [0, 0.1) is 11.6 Å². The van der Waals surface area contributed by atoms with Crippen LogP contribution >= 0.6 is 11.6 Å². The van der Waals surface area contributed by atoms with Gasteiger partial charge in [-0.05, 0) is 26.3 Å². The van der Waals surface area contributed by atoms with Gasteiger partial charge in [-0.2, -0.15) is 0 Å². The topological polar surface area (TPSA) is 17.8 Å². The molecule has 0 aliphatic rings. The smallest absolute Gasteiger partial charge is 0.153 e. The molecule has 0 N–H and O–H groups in total. The molecule has 0 bridgehead atoms. The van der Waals surface area contributed by atoms with Gasteiger partial charge >= 0.3 is 0 Å². The van der Waals surface area contributed by atoms with E-state index in [0.717, 1.165) is 12.5 Å². The van der Waals surface area contributed by atoms with E-state index in [2.05, 4.69) is 4.98 Å². The summed E-state index contributed by atoms with van der Waals surface area (Å²) in [5.74, 6) is -0.529. The molecule has 2 aromatic rings. The first-order valence-corrected chi connectivity index (χ1v) is 6.37. The fraction of sp³-hybridized carbons (Fsp3) is 0.462. The molecule has 0 atom stereocenters. The minimum atomic E-state index is -0.651.